The van der Waals surface area contributed by atoms with Gasteiger partial charge in [-0.25, -0.2) is 0 Å². The number of benzene rings is 4. The quantitative estimate of drug-likeness (QED) is 0.118. The van der Waals surface area contributed by atoms with E-state index in [0.717, 1.165) is 5.71 Å². The van der Waals surface area contributed by atoms with Crippen LogP contribution in [0.15, 0.2) is 97.6 Å². The molecule has 2 aliphatic rings. The molecule has 0 unspecified atom stereocenters. The topological polar surface area (TPSA) is 13.0 Å². The molecule has 315 valence electrons. The molecule has 1 radical (unpaired) electrons. The van der Waals surface area contributed by atoms with Crippen LogP contribution in [0.2, 0.25) is 0 Å². The maximum atomic E-state index is 2.57. The van der Waals surface area contributed by atoms with Crippen LogP contribution in [0.5, 0.6) is 0 Å². The summed E-state index contributed by atoms with van der Waals surface area (Å²) in [6.07, 6.45) is 9.36. The summed E-state index contributed by atoms with van der Waals surface area (Å²) in [5.41, 5.74) is 17.4. The van der Waals surface area contributed by atoms with Gasteiger partial charge in [-0.05, 0) is 0 Å². The molecule has 4 nitrogen and oxygen atoms in total. The van der Waals surface area contributed by atoms with Crippen molar-refractivity contribution in [1.82, 2.24) is 0 Å². The summed E-state index contributed by atoms with van der Waals surface area (Å²) in [6, 6.07) is 27.6. The Morgan fingerprint density at radius 1 is 0.333 bits per heavy atom. The van der Waals surface area contributed by atoms with Gasteiger partial charge >= 0.3 is 368 Å². The molecule has 0 aromatic heterocycles. The van der Waals surface area contributed by atoms with Crippen LogP contribution in [0.25, 0.3) is 0 Å². The first-order chi connectivity index (χ1) is 28.5. The first-order valence-electron chi connectivity index (χ1n) is 23.0. The molecule has 0 amide bonds. The van der Waals surface area contributed by atoms with Gasteiger partial charge in [-0.15, -0.1) is 0 Å². The van der Waals surface area contributed by atoms with Crippen molar-refractivity contribution in [3.05, 3.63) is 142 Å². The zero-order valence-electron chi connectivity index (χ0n) is 39.9. The molecule has 60 heavy (non-hydrogen) atoms. The van der Waals surface area contributed by atoms with Crippen molar-refractivity contribution < 1.29 is 0 Å². The van der Waals surface area contributed by atoms with Crippen LogP contribution in [0, 0.1) is 0 Å². The van der Waals surface area contributed by atoms with Gasteiger partial charge in [0.15, 0.2) is 0 Å². The van der Waals surface area contributed by atoms with E-state index < -0.39 is 0 Å². The average Bonchev–Trinajstić information content (AvgIpc) is 3.82. The van der Waals surface area contributed by atoms with Crippen LogP contribution in [0.1, 0.15) is 203 Å². The number of rotatable bonds is 14. The summed E-state index contributed by atoms with van der Waals surface area (Å²) < 4.78 is 0. The number of nitrogens with zero attached hydrogens (tertiary/aromatic N) is 4. The number of para-hydroxylation sites is 4. The summed E-state index contributed by atoms with van der Waals surface area (Å²) in [5, 5.41) is 0. The number of hydrogen-bond donors (Lipinski definition) is 0. The molecule has 2 aliphatic heterocycles. The summed E-state index contributed by atoms with van der Waals surface area (Å²) in [6.45, 7) is 39.8. The fourth-order valence-corrected chi connectivity index (χ4v) is 9.37. The summed E-state index contributed by atoms with van der Waals surface area (Å²) >= 11 is 0. The van der Waals surface area contributed by atoms with Crippen molar-refractivity contribution in [2.45, 2.75) is 164 Å². The van der Waals surface area contributed by atoms with Gasteiger partial charge in [0.1, 0.15) is 0 Å². The molecule has 6 heteroatoms. The van der Waals surface area contributed by atoms with E-state index in [1.165, 1.54) is 67.3 Å². The van der Waals surface area contributed by atoms with E-state index in [4.69, 9.17) is 0 Å². The molecule has 0 saturated heterocycles. The Bertz CT molecular complexity index is 1970. The number of anilines is 4. The summed E-state index contributed by atoms with van der Waals surface area (Å²) in [4.78, 5) is 10.2. The normalized spacial score (nSPS) is 14.8. The Hall–Kier alpha value is -4.44. The third-order valence-corrected chi connectivity index (χ3v) is 12.6. The van der Waals surface area contributed by atoms with Crippen LogP contribution in [-0.2, 0) is 0 Å². The van der Waals surface area contributed by atoms with Crippen molar-refractivity contribution in [3.8, 4) is 0 Å². The molecule has 2 heterocycles. The third-order valence-electron chi connectivity index (χ3n) is 12.6. The van der Waals surface area contributed by atoms with Gasteiger partial charge in [0.25, 0.3) is 0 Å². The second-order valence-electron chi connectivity index (χ2n) is 19.7. The van der Waals surface area contributed by atoms with Gasteiger partial charge in [-0.2, -0.15) is 0 Å². The fourth-order valence-electron chi connectivity index (χ4n) is 9.37. The zero-order valence-corrected chi connectivity index (χ0v) is 39.9. The minimum atomic E-state index is -0.119. The SMILES string of the molecule is CC(C)c1cccc(C(C)C)c1N1C=CN(c2c(C(C)C)cccc2C(C)C)C1=B[B]C1N(c2c(C(C)C)cccc2C(C)C)C=CN1c1c(C(C)C)cccc1C(C)C. The van der Waals surface area contributed by atoms with Crippen LogP contribution < -0.4 is 19.6 Å². The molecule has 0 bridgehead atoms. The van der Waals surface area contributed by atoms with Crippen molar-refractivity contribution in [2.24, 2.45) is 0 Å². The first-order valence-corrected chi connectivity index (χ1v) is 23.0. The van der Waals surface area contributed by atoms with E-state index in [1.807, 2.05) is 0 Å². The Morgan fingerprint density at radius 3 is 0.800 bits per heavy atom. The van der Waals surface area contributed by atoms with E-state index >= 15 is 0 Å². The molecule has 0 aliphatic carbocycles. The third kappa shape index (κ3) is 8.68. The average molecular weight is 800 g/mol. The molecule has 6 rings (SSSR count). The second kappa shape index (κ2) is 18.7. The van der Waals surface area contributed by atoms with Gasteiger partial charge in [-0.3, -0.25) is 0 Å². The molecule has 0 N–H and O–H groups in total. The summed E-state index contributed by atoms with van der Waals surface area (Å²) in [7, 11) is 2.49. The Balaban J connectivity index is 1.65. The van der Waals surface area contributed by atoms with Gasteiger partial charge < -0.3 is 0 Å². The minimum absolute atomic E-state index is 0.119. The van der Waals surface area contributed by atoms with Gasteiger partial charge in [0.2, 0.25) is 0 Å². The van der Waals surface area contributed by atoms with Gasteiger partial charge in [-0.1, -0.05) is 0 Å². The van der Waals surface area contributed by atoms with Crippen LogP contribution in [-0.4, -0.2) is 25.8 Å². The predicted molar refractivity (Wildman–Crippen MR) is 267 cm³/mol. The standard InChI is InChI=1S/C54H73B2N4/c1-33(2)41-21-17-22-42(34(3)4)49(41)57-29-30-58(50-43(35(5)6)23-18-24-44(50)36(7)8)53(57)55-56-54-59(51-45(37(9)10)25-19-26-46(51)38(11)12)31-32-60(54)52-47(39(13)14)27-20-28-48(52)40(15)16/h17-40,53H,1-16H3. The zero-order chi connectivity index (χ0) is 43.7. The second-order valence-corrected chi connectivity index (χ2v) is 19.7. The van der Waals surface area contributed by atoms with Crippen LogP contribution in [0.4, 0.5) is 22.7 Å². The van der Waals surface area contributed by atoms with Gasteiger partial charge in [0, 0.05) is 0 Å². The van der Waals surface area contributed by atoms with Crippen molar-refractivity contribution in [2.75, 3.05) is 19.6 Å². The van der Waals surface area contributed by atoms with E-state index in [9.17, 15) is 0 Å². The number of hydrogen-bond acceptors (Lipinski definition) is 4. The van der Waals surface area contributed by atoms with Crippen molar-refractivity contribution in [3.63, 3.8) is 0 Å². The maximum absolute atomic E-state index is 2.57. The molecule has 0 fully saturated rings. The monoisotopic (exact) mass is 800 g/mol. The molecule has 4 aromatic carbocycles. The Morgan fingerprint density at radius 2 is 0.567 bits per heavy atom. The molecular formula is C54H73B2N4. The fraction of sp³-hybridized carbons (Fsp3) is 0.463. The Kier molecular flexibility index (Phi) is 14.0. The van der Waals surface area contributed by atoms with Crippen molar-refractivity contribution in [1.29, 1.82) is 0 Å². The van der Waals surface area contributed by atoms with E-state index in [-0.39, 0.29) is 6.07 Å². The molecular weight excluding hydrogens is 726 g/mol. The van der Waals surface area contributed by atoms with Crippen LogP contribution in [0.3, 0.4) is 0 Å². The van der Waals surface area contributed by atoms with E-state index in [0.29, 0.717) is 47.3 Å². The summed E-state index contributed by atoms with van der Waals surface area (Å²) in [5.74, 6) is 2.88. The molecule has 0 atom stereocenters. The molecule has 0 saturated carbocycles. The van der Waals surface area contributed by atoms with Crippen LogP contribution >= 0.6 is 0 Å². The van der Waals surface area contributed by atoms with E-state index in [2.05, 4.69) is 242 Å². The molecule has 0 spiro atoms. The van der Waals surface area contributed by atoms with Crippen molar-refractivity contribution >= 4 is 42.4 Å². The molecule has 4 aromatic rings. The Labute approximate surface area is 366 Å². The van der Waals surface area contributed by atoms with Gasteiger partial charge in [0.05, 0.1) is 0 Å². The predicted octanol–water partition coefficient (Wildman–Crippen LogP) is 14.7. The van der Waals surface area contributed by atoms with E-state index in [1.54, 1.807) is 0 Å². The first kappa shape index (κ1) is 45.1.